The second kappa shape index (κ2) is 8.51. The Labute approximate surface area is 189 Å². The lowest BCUT2D eigenvalue weighted by Crippen LogP contribution is -2.21. The number of hydrogen-bond acceptors (Lipinski definition) is 4. The van der Waals surface area contributed by atoms with Gasteiger partial charge in [0.2, 0.25) is 0 Å². The second-order valence-corrected chi connectivity index (χ2v) is 8.08. The standard InChI is InChI=1S/C24H22ClN5O2/c1-2-3-13-32-20-9-7-18(8-10-20)21-15-22-23-27-30(16-17-5-4-6-19(25)14-17)24(31)28(23)11-12-29(22)26-21/h4-12,14-15H,2-3,13,16H2,1H3. The molecular formula is C24H22ClN5O2. The molecule has 5 rings (SSSR count). The van der Waals surface area contributed by atoms with Gasteiger partial charge in [0.25, 0.3) is 0 Å². The Balaban J connectivity index is 1.48. The Morgan fingerprint density at radius 1 is 1.03 bits per heavy atom. The van der Waals surface area contributed by atoms with Crippen molar-refractivity contribution in [1.29, 1.82) is 0 Å². The Bertz CT molecular complexity index is 1450. The molecule has 0 aliphatic carbocycles. The highest BCUT2D eigenvalue weighted by atomic mass is 35.5. The SMILES string of the molecule is CCCCOc1ccc(-c2cc3c4nn(Cc5cccc(Cl)c5)c(=O)n4ccn3n2)cc1. The summed E-state index contributed by atoms with van der Waals surface area (Å²) in [6.07, 6.45) is 5.59. The van der Waals surface area contributed by atoms with Gasteiger partial charge in [-0.05, 0) is 54.4 Å². The predicted octanol–water partition coefficient (Wildman–Crippen LogP) is 4.69. The average molecular weight is 448 g/mol. The number of aromatic nitrogens is 5. The van der Waals surface area contributed by atoms with Gasteiger partial charge in [-0.1, -0.05) is 37.1 Å². The minimum absolute atomic E-state index is 0.209. The zero-order valence-electron chi connectivity index (χ0n) is 17.6. The Kier molecular flexibility index (Phi) is 5.41. The third-order valence-corrected chi connectivity index (χ3v) is 5.57. The number of halogens is 1. The van der Waals surface area contributed by atoms with E-state index in [4.69, 9.17) is 16.3 Å². The smallest absolute Gasteiger partial charge is 0.350 e. The van der Waals surface area contributed by atoms with Crippen LogP contribution in [0.1, 0.15) is 25.3 Å². The Hall–Kier alpha value is -3.58. The van der Waals surface area contributed by atoms with Crippen LogP contribution in [-0.4, -0.2) is 30.4 Å². The van der Waals surface area contributed by atoms with Gasteiger partial charge < -0.3 is 4.74 Å². The van der Waals surface area contributed by atoms with E-state index < -0.39 is 0 Å². The first-order valence-electron chi connectivity index (χ1n) is 10.6. The highest BCUT2D eigenvalue weighted by molar-refractivity contribution is 6.30. The van der Waals surface area contributed by atoms with Crippen LogP contribution in [0.15, 0.2) is 71.8 Å². The molecular weight excluding hydrogens is 426 g/mol. The molecule has 8 heteroatoms. The molecule has 0 saturated heterocycles. The van der Waals surface area contributed by atoms with Crippen molar-refractivity contribution in [2.45, 2.75) is 26.3 Å². The minimum atomic E-state index is -0.209. The molecule has 0 saturated carbocycles. The van der Waals surface area contributed by atoms with Crippen molar-refractivity contribution in [1.82, 2.24) is 23.8 Å². The normalized spacial score (nSPS) is 11.4. The zero-order chi connectivity index (χ0) is 22.1. The van der Waals surface area contributed by atoms with Gasteiger partial charge in [-0.3, -0.25) is 0 Å². The lowest BCUT2D eigenvalue weighted by molar-refractivity contribution is 0.309. The Morgan fingerprint density at radius 2 is 1.88 bits per heavy atom. The minimum Gasteiger partial charge on any atom is -0.494 e. The van der Waals surface area contributed by atoms with Crippen LogP contribution in [0.4, 0.5) is 0 Å². The van der Waals surface area contributed by atoms with Crippen molar-refractivity contribution >= 4 is 22.8 Å². The van der Waals surface area contributed by atoms with Gasteiger partial charge >= 0.3 is 5.69 Å². The van der Waals surface area contributed by atoms with E-state index in [0.29, 0.717) is 17.2 Å². The molecule has 32 heavy (non-hydrogen) atoms. The van der Waals surface area contributed by atoms with Crippen LogP contribution in [0.3, 0.4) is 0 Å². The van der Waals surface area contributed by atoms with Crippen LogP contribution in [0.2, 0.25) is 5.02 Å². The van der Waals surface area contributed by atoms with Crippen molar-refractivity contribution in [3.63, 3.8) is 0 Å². The molecule has 7 nitrogen and oxygen atoms in total. The summed E-state index contributed by atoms with van der Waals surface area (Å²) in [5.41, 5.74) is 3.78. The molecule has 0 amide bonds. The average Bonchev–Trinajstić information content (AvgIpc) is 3.36. The summed E-state index contributed by atoms with van der Waals surface area (Å²) in [7, 11) is 0. The van der Waals surface area contributed by atoms with E-state index >= 15 is 0 Å². The molecule has 0 N–H and O–H groups in total. The molecule has 162 valence electrons. The van der Waals surface area contributed by atoms with Gasteiger partial charge in [0, 0.05) is 23.0 Å². The molecule has 5 aromatic rings. The summed E-state index contributed by atoms with van der Waals surface area (Å²) in [6, 6.07) is 17.2. The van der Waals surface area contributed by atoms with E-state index in [1.165, 1.54) is 9.08 Å². The maximum absolute atomic E-state index is 12.9. The van der Waals surface area contributed by atoms with Crippen molar-refractivity contribution in [3.8, 4) is 17.0 Å². The van der Waals surface area contributed by atoms with Gasteiger partial charge in [0.05, 0.1) is 18.8 Å². The summed E-state index contributed by atoms with van der Waals surface area (Å²) in [5, 5.41) is 9.87. The molecule has 0 spiro atoms. The zero-order valence-corrected chi connectivity index (χ0v) is 18.4. The number of unbranched alkanes of at least 4 members (excludes halogenated alkanes) is 1. The van der Waals surface area contributed by atoms with Crippen molar-refractivity contribution in [3.05, 3.63) is 88.1 Å². The molecule has 3 heterocycles. The molecule has 2 aromatic carbocycles. The monoisotopic (exact) mass is 447 g/mol. The van der Waals surface area contributed by atoms with E-state index in [1.54, 1.807) is 23.0 Å². The molecule has 0 radical (unpaired) electrons. The quantitative estimate of drug-likeness (QED) is 0.339. The summed E-state index contributed by atoms with van der Waals surface area (Å²) >= 11 is 6.08. The number of ether oxygens (including phenoxy) is 1. The van der Waals surface area contributed by atoms with E-state index in [9.17, 15) is 4.79 Å². The van der Waals surface area contributed by atoms with Gasteiger partial charge in [-0.2, -0.15) is 5.10 Å². The van der Waals surface area contributed by atoms with Gasteiger partial charge in [0.1, 0.15) is 11.3 Å². The number of hydrogen-bond donors (Lipinski definition) is 0. The predicted molar refractivity (Wildman–Crippen MR) is 125 cm³/mol. The highest BCUT2D eigenvalue weighted by Crippen LogP contribution is 2.24. The molecule has 0 aliphatic heterocycles. The summed E-state index contributed by atoms with van der Waals surface area (Å²) in [6.45, 7) is 3.20. The molecule has 0 aliphatic rings. The maximum Gasteiger partial charge on any atom is 0.350 e. The lowest BCUT2D eigenvalue weighted by Gasteiger charge is -2.05. The topological polar surface area (TPSA) is 65.8 Å². The molecule has 0 fully saturated rings. The fourth-order valence-electron chi connectivity index (χ4n) is 3.64. The number of nitrogens with zero attached hydrogens (tertiary/aromatic N) is 5. The number of rotatable bonds is 7. The van der Waals surface area contributed by atoms with Crippen LogP contribution in [0.5, 0.6) is 5.75 Å². The Morgan fingerprint density at radius 3 is 2.66 bits per heavy atom. The van der Waals surface area contributed by atoms with E-state index in [0.717, 1.165) is 47.5 Å². The van der Waals surface area contributed by atoms with Crippen LogP contribution in [0, 0.1) is 0 Å². The first-order chi connectivity index (χ1) is 15.6. The van der Waals surface area contributed by atoms with E-state index in [-0.39, 0.29) is 5.69 Å². The largest absolute Gasteiger partial charge is 0.494 e. The molecule has 3 aromatic heterocycles. The second-order valence-electron chi connectivity index (χ2n) is 7.65. The van der Waals surface area contributed by atoms with Crippen molar-refractivity contribution in [2.75, 3.05) is 6.61 Å². The highest BCUT2D eigenvalue weighted by Gasteiger charge is 2.14. The first kappa shape index (κ1) is 20.3. The fourth-order valence-corrected chi connectivity index (χ4v) is 3.86. The van der Waals surface area contributed by atoms with Gasteiger partial charge in [-0.25, -0.2) is 18.4 Å². The van der Waals surface area contributed by atoms with Crippen LogP contribution in [0.25, 0.3) is 22.4 Å². The van der Waals surface area contributed by atoms with Crippen molar-refractivity contribution < 1.29 is 4.74 Å². The fraction of sp³-hybridized carbons (Fsp3) is 0.208. The van der Waals surface area contributed by atoms with Crippen LogP contribution < -0.4 is 10.4 Å². The third kappa shape index (κ3) is 3.87. The number of fused-ring (bicyclic) bond motifs is 3. The van der Waals surface area contributed by atoms with Crippen LogP contribution >= 0.6 is 11.6 Å². The summed E-state index contributed by atoms with van der Waals surface area (Å²) < 4.78 is 10.5. The van der Waals surface area contributed by atoms with Crippen molar-refractivity contribution in [2.24, 2.45) is 0 Å². The van der Waals surface area contributed by atoms with E-state index in [1.807, 2.05) is 48.5 Å². The summed E-state index contributed by atoms with van der Waals surface area (Å²) in [5.74, 6) is 0.847. The number of benzene rings is 2. The van der Waals surface area contributed by atoms with Crippen LogP contribution in [-0.2, 0) is 6.54 Å². The summed E-state index contributed by atoms with van der Waals surface area (Å²) in [4.78, 5) is 12.9. The first-order valence-corrected chi connectivity index (χ1v) is 11.0. The maximum atomic E-state index is 12.9. The van der Waals surface area contributed by atoms with Gasteiger partial charge in [0.15, 0.2) is 5.65 Å². The molecule has 0 unspecified atom stereocenters. The van der Waals surface area contributed by atoms with Gasteiger partial charge in [-0.15, -0.1) is 5.10 Å². The lowest BCUT2D eigenvalue weighted by atomic mass is 10.1. The molecule has 0 atom stereocenters. The molecule has 0 bridgehead atoms. The third-order valence-electron chi connectivity index (χ3n) is 5.33. The van der Waals surface area contributed by atoms with E-state index in [2.05, 4.69) is 17.1 Å².